The van der Waals surface area contributed by atoms with E-state index < -0.39 is 0 Å². The number of hydrogen-bond acceptors (Lipinski definition) is 5. The number of hydrogen-bond donors (Lipinski definition) is 0. The molecule has 4 rings (SSSR count). The highest BCUT2D eigenvalue weighted by molar-refractivity contribution is 7.19. The molecule has 0 spiro atoms. The number of aromatic nitrogens is 2. The van der Waals surface area contributed by atoms with Crippen LogP contribution in [0.2, 0.25) is 0 Å². The Labute approximate surface area is 135 Å². The molecule has 1 fully saturated rings. The van der Waals surface area contributed by atoms with Crippen molar-refractivity contribution in [3.05, 3.63) is 16.8 Å². The maximum absolute atomic E-state index is 5.88. The van der Waals surface area contributed by atoms with Crippen LogP contribution >= 0.6 is 11.3 Å². The second-order valence-electron chi connectivity index (χ2n) is 6.89. The van der Waals surface area contributed by atoms with Gasteiger partial charge in [-0.15, -0.1) is 11.3 Å². The Morgan fingerprint density at radius 2 is 1.95 bits per heavy atom. The smallest absolute Gasteiger partial charge is 0.141 e. The highest BCUT2D eigenvalue weighted by Crippen LogP contribution is 2.40. The summed E-state index contributed by atoms with van der Waals surface area (Å²) in [5.74, 6) is 1.92. The molecule has 2 aromatic heterocycles. The van der Waals surface area contributed by atoms with Crippen LogP contribution in [0.25, 0.3) is 10.2 Å². The van der Waals surface area contributed by atoms with Gasteiger partial charge in [-0.25, -0.2) is 9.97 Å². The number of aryl methyl sites for hydroxylation is 1. The quantitative estimate of drug-likeness (QED) is 0.808. The van der Waals surface area contributed by atoms with E-state index in [-0.39, 0.29) is 12.2 Å². The summed E-state index contributed by atoms with van der Waals surface area (Å²) in [6.07, 6.45) is 5.89. The molecule has 118 valence electrons. The van der Waals surface area contributed by atoms with Crippen molar-refractivity contribution in [3.63, 3.8) is 0 Å². The molecule has 4 nitrogen and oxygen atoms in total. The van der Waals surface area contributed by atoms with Gasteiger partial charge in [0.2, 0.25) is 0 Å². The zero-order valence-electron chi connectivity index (χ0n) is 13.5. The molecule has 0 unspecified atom stereocenters. The van der Waals surface area contributed by atoms with Crippen LogP contribution in [0.4, 0.5) is 5.82 Å². The first kappa shape index (κ1) is 14.4. The predicted molar refractivity (Wildman–Crippen MR) is 90.8 cm³/mol. The number of nitrogens with zero attached hydrogens (tertiary/aromatic N) is 3. The lowest BCUT2D eigenvalue weighted by Gasteiger charge is -2.36. The first-order valence-corrected chi connectivity index (χ1v) is 9.09. The summed E-state index contributed by atoms with van der Waals surface area (Å²) in [4.78, 5) is 14.3. The molecule has 22 heavy (non-hydrogen) atoms. The Kier molecular flexibility index (Phi) is 3.57. The van der Waals surface area contributed by atoms with Crippen LogP contribution < -0.4 is 4.90 Å². The summed E-state index contributed by atoms with van der Waals surface area (Å²) in [7, 11) is 0. The van der Waals surface area contributed by atoms with Crippen molar-refractivity contribution in [1.82, 2.24) is 9.97 Å². The molecule has 1 aliphatic heterocycles. The Balaban J connectivity index is 1.81. The summed E-state index contributed by atoms with van der Waals surface area (Å²) in [5, 5.41) is 1.32. The SMILES string of the molecule is C[C@H]1CCc2c(sc3ncnc(N4C[C@@H](C)O[C@H](C)C4)c23)C1. The third kappa shape index (κ3) is 2.40. The van der Waals surface area contributed by atoms with E-state index in [9.17, 15) is 0 Å². The van der Waals surface area contributed by atoms with Gasteiger partial charge in [-0.05, 0) is 44.6 Å². The molecule has 0 radical (unpaired) electrons. The summed E-state index contributed by atoms with van der Waals surface area (Å²) < 4.78 is 5.88. The molecule has 5 heteroatoms. The largest absolute Gasteiger partial charge is 0.372 e. The van der Waals surface area contributed by atoms with Crippen molar-refractivity contribution in [2.75, 3.05) is 18.0 Å². The zero-order valence-corrected chi connectivity index (χ0v) is 14.3. The molecule has 0 bridgehead atoms. The van der Waals surface area contributed by atoms with Crippen molar-refractivity contribution in [2.24, 2.45) is 5.92 Å². The van der Waals surface area contributed by atoms with E-state index in [2.05, 4.69) is 35.6 Å². The van der Waals surface area contributed by atoms with Crippen LogP contribution in [0.5, 0.6) is 0 Å². The van der Waals surface area contributed by atoms with Crippen molar-refractivity contribution < 1.29 is 4.74 Å². The third-order valence-corrected chi connectivity index (χ3v) is 5.95. The molecular formula is C17H23N3OS. The van der Waals surface area contributed by atoms with Crippen LogP contribution in [0, 0.1) is 5.92 Å². The number of thiophene rings is 1. The molecule has 0 saturated carbocycles. The van der Waals surface area contributed by atoms with Crippen molar-refractivity contribution in [1.29, 1.82) is 0 Å². The van der Waals surface area contributed by atoms with E-state index in [1.165, 1.54) is 35.1 Å². The first-order valence-electron chi connectivity index (χ1n) is 8.27. The van der Waals surface area contributed by atoms with E-state index in [1.54, 1.807) is 6.33 Å². The number of morpholine rings is 1. The summed E-state index contributed by atoms with van der Waals surface area (Å²) in [6, 6.07) is 0. The van der Waals surface area contributed by atoms with Crippen LogP contribution in [-0.2, 0) is 17.6 Å². The maximum atomic E-state index is 5.88. The topological polar surface area (TPSA) is 38.2 Å². The lowest BCUT2D eigenvalue weighted by atomic mass is 9.89. The van der Waals surface area contributed by atoms with E-state index in [1.807, 2.05) is 11.3 Å². The third-order valence-electron chi connectivity index (χ3n) is 4.79. The Morgan fingerprint density at radius 1 is 1.18 bits per heavy atom. The van der Waals surface area contributed by atoms with Crippen molar-refractivity contribution in [3.8, 4) is 0 Å². The second kappa shape index (κ2) is 5.46. The average Bonchev–Trinajstić information content (AvgIpc) is 2.83. The Bertz CT molecular complexity index is 689. The molecule has 2 aliphatic rings. The van der Waals surface area contributed by atoms with Crippen molar-refractivity contribution in [2.45, 2.75) is 52.2 Å². The van der Waals surface area contributed by atoms with Gasteiger partial charge in [-0.2, -0.15) is 0 Å². The van der Waals surface area contributed by atoms with Gasteiger partial charge in [0.15, 0.2) is 0 Å². The molecule has 0 N–H and O–H groups in total. The summed E-state index contributed by atoms with van der Waals surface area (Å²) in [5.41, 5.74) is 1.51. The maximum Gasteiger partial charge on any atom is 0.141 e. The molecule has 0 aromatic carbocycles. The lowest BCUT2D eigenvalue weighted by molar-refractivity contribution is -0.00537. The standard InChI is InChI=1S/C17H23N3OS/c1-10-4-5-13-14(6-10)22-17-15(13)16(18-9-19-17)20-7-11(2)21-12(3)8-20/h9-12H,4-8H2,1-3H3/t10-,11+,12+/m0/s1. The minimum Gasteiger partial charge on any atom is -0.372 e. The molecule has 2 aromatic rings. The number of rotatable bonds is 1. The van der Waals surface area contributed by atoms with E-state index in [4.69, 9.17) is 4.74 Å². The molecule has 1 saturated heterocycles. The lowest BCUT2D eigenvalue weighted by Crippen LogP contribution is -2.46. The minimum absolute atomic E-state index is 0.253. The zero-order chi connectivity index (χ0) is 15.3. The predicted octanol–water partition coefficient (Wildman–Crippen LogP) is 3.43. The van der Waals surface area contributed by atoms with Gasteiger partial charge in [-0.3, -0.25) is 0 Å². The summed E-state index contributed by atoms with van der Waals surface area (Å²) >= 11 is 1.87. The number of ether oxygens (including phenoxy) is 1. The van der Waals surface area contributed by atoms with E-state index >= 15 is 0 Å². The molecule has 0 amide bonds. The van der Waals surface area contributed by atoms with Gasteiger partial charge in [-0.1, -0.05) is 6.92 Å². The van der Waals surface area contributed by atoms with Gasteiger partial charge < -0.3 is 9.64 Å². The van der Waals surface area contributed by atoms with Gasteiger partial charge in [0.25, 0.3) is 0 Å². The van der Waals surface area contributed by atoms with Crippen LogP contribution in [0.1, 0.15) is 37.6 Å². The van der Waals surface area contributed by atoms with Crippen LogP contribution in [-0.4, -0.2) is 35.3 Å². The molecule has 3 heterocycles. The van der Waals surface area contributed by atoms with Crippen LogP contribution in [0.15, 0.2) is 6.33 Å². The number of anilines is 1. The van der Waals surface area contributed by atoms with Crippen LogP contribution in [0.3, 0.4) is 0 Å². The highest BCUT2D eigenvalue weighted by atomic mass is 32.1. The Hall–Kier alpha value is -1.20. The van der Waals surface area contributed by atoms with Gasteiger partial charge in [0, 0.05) is 18.0 Å². The molecule has 1 aliphatic carbocycles. The fourth-order valence-corrected chi connectivity index (χ4v) is 5.19. The normalized spacial score (nSPS) is 28.9. The summed E-state index contributed by atoms with van der Waals surface area (Å²) in [6.45, 7) is 8.47. The fourth-order valence-electron chi connectivity index (χ4n) is 3.85. The second-order valence-corrected chi connectivity index (χ2v) is 7.98. The highest BCUT2D eigenvalue weighted by Gasteiger charge is 2.28. The van der Waals surface area contributed by atoms with Gasteiger partial charge >= 0.3 is 0 Å². The monoisotopic (exact) mass is 317 g/mol. The number of fused-ring (bicyclic) bond motifs is 3. The van der Waals surface area contributed by atoms with Crippen molar-refractivity contribution >= 4 is 27.4 Å². The first-order chi connectivity index (χ1) is 10.6. The minimum atomic E-state index is 0.253. The van der Waals surface area contributed by atoms with E-state index in [0.717, 1.165) is 29.7 Å². The molecular weight excluding hydrogens is 294 g/mol. The van der Waals surface area contributed by atoms with E-state index in [0.29, 0.717) is 0 Å². The average molecular weight is 317 g/mol. The van der Waals surface area contributed by atoms with Gasteiger partial charge in [0.1, 0.15) is 17.0 Å². The molecule has 3 atom stereocenters. The van der Waals surface area contributed by atoms with Gasteiger partial charge in [0.05, 0.1) is 17.6 Å². The Morgan fingerprint density at radius 3 is 2.73 bits per heavy atom. The fraction of sp³-hybridized carbons (Fsp3) is 0.647.